The number of likely N-dealkylation sites (tertiary alicyclic amines) is 1. The maximum atomic E-state index is 9.32. The average Bonchev–Trinajstić information content (AvgIpc) is 2.41. The van der Waals surface area contributed by atoms with Crippen LogP contribution in [0.2, 0.25) is 0 Å². The molecule has 0 amide bonds. The highest BCUT2D eigenvalue weighted by molar-refractivity contribution is 5.03. The van der Waals surface area contributed by atoms with Gasteiger partial charge in [-0.25, -0.2) is 0 Å². The molecule has 0 spiro atoms. The SMILES string of the molecule is CCCNC(C)(C#N)CCCN1CCCC(C)C1C. The lowest BCUT2D eigenvalue weighted by Crippen LogP contribution is -2.45. The third-order valence-corrected chi connectivity index (χ3v) is 4.64. The van der Waals surface area contributed by atoms with Gasteiger partial charge in [0.1, 0.15) is 5.54 Å². The Balaban J connectivity index is 2.34. The van der Waals surface area contributed by atoms with Crippen LogP contribution in [0, 0.1) is 17.2 Å². The fourth-order valence-electron chi connectivity index (χ4n) is 2.96. The molecule has 0 radical (unpaired) electrons. The van der Waals surface area contributed by atoms with Gasteiger partial charge in [0.2, 0.25) is 0 Å². The summed E-state index contributed by atoms with van der Waals surface area (Å²) in [6, 6.07) is 3.14. The molecule has 3 atom stereocenters. The van der Waals surface area contributed by atoms with Crippen molar-refractivity contribution in [1.29, 1.82) is 5.26 Å². The van der Waals surface area contributed by atoms with Crippen molar-refractivity contribution < 1.29 is 0 Å². The van der Waals surface area contributed by atoms with E-state index in [0.717, 1.165) is 38.3 Å². The Hall–Kier alpha value is -0.590. The predicted octanol–water partition coefficient (Wildman–Crippen LogP) is 3.17. The molecule has 0 aliphatic carbocycles. The fraction of sp³-hybridized carbons (Fsp3) is 0.938. The number of rotatable bonds is 7. The minimum absolute atomic E-state index is 0.347. The summed E-state index contributed by atoms with van der Waals surface area (Å²) in [6.07, 6.45) is 5.83. The van der Waals surface area contributed by atoms with Gasteiger partial charge in [0.25, 0.3) is 0 Å². The zero-order chi connectivity index (χ0) is 14.3. The summed E-state index contributed by atoms with van der Waals surface area (Å²) in [5, 5.41) is 12.7. The first-order chi connectivity index (χ1) is 9.02. The van der Waals surface area contributed by atoms with Crippen LogP contribution in [0.25, 0.3) is 0 Å². The Labute approximate surface area is 119 Å². The van der Waals surface area contributed by atoms with Crippen molar-refractivity contribution in [2.24, 2.45) is 5.92 Å². The van der Waals surface area contributed by atoms with Crippen molar-refractivity contribution in [1.82, 2.24) is 10.2 Å². The fourth-order valence-corrected chi connectivity index (χ4v) is 2.96. The molecular weight excluding hydrogens is 234 g/mol. The quantitative estimate of drug-likeness (QED) is 0.768. The van der Waals surface area contributed by atoms with Gasteiger partial charge >= 0.3 is 0 Å². The van der Waals surface area contributed by atoms with Crippen molar-refractivity contribution >= 4 is 0 Å². The van der Waals surface area contributed by atoms with Crippen LogP contribution in [0.15, 0.2) is 0 Å². The molecule has 1 rings (SSSR count). The molecule has 0 bridgehead atoms. The van der Waals surface area contributed by atoms with Gasteiger partial charge in [-0.15, -0.1) is 0 Å². The Morgan fingerprint density at radius 1 is 1.42 bits per heavy atom. The maximum Gasteiger partial charge on any atom is 0.103 e. The van der Waals surface area contributed by atoms with E-state index < -0.39 is 0 Å². The topological polar surface area (TPSA) is 39.1 Å². The summed E-state index contributed by atoms with van der Waals surface area (Å²) in [4.78, 5) is 2.60. The van der Waals surface area contributed by atoms with Crippen molar-refractivity contribution in [3.63, 3.8) is 0 Å². The van der Waals surface area contributed by atoms with Gasteiger partial charge in [-0.2, -0.15) is 5.26 Å². The molecule has 0 aromatic rings. The molecule has 1 aliphatic rings. The largest absolute Gasteiger partial charge is 0.300 e. The molecule has 3 heteroatoms. The molecule has 0 saturated carbocycles. The van der Waals surface area contributed by atoms with E-state index in [1.54, 1.807) is 0 Å². The first-order valence-corrected chi connectivity index (χ1v) is 7.92. The molecule has 1 N–H and O–H groups in total. The predicted molar refractivity (Wildman–Crippen MR) is 81.0 cm³/mol. The van der Waals surface area contributed by atoms with E-state index in [-0.39, 0.29) is 5.54 Å². The summed E-state index contributed by atoms with van der Waals surface area (Å²) >= 11 is 0. The number of piperidine rings is 1. The van der Waals surface area contributed by atoms with E-state index in [1.165, 1.54) is 19.4 Å². The van der Waals surface area contributed by atoms with Gasteiger partial charge in [-0.05, 0) is 71.5 Å². The molecular formula is C16H31N3. The highest BCUT2D eigenvalue weighted by atomic mass is 15.2. The van der Waals surface area contributed by atoms with E-state index in [9.17, 15) is 5.26 Å². The lowest BCUT2D eigenvalue weighted by molar-refractivity contribution is 0.110. The van der Waals surface area contributed by atoms with Crippen LogP contribution >= 0.6 is 0 Å². The smallest absolute Gasteiger partial charge is 0.103 e. The van der Waals surface area contributed by atoms with Crippen LogP contribution < -0.4 is 5.32 Å². The number of nitrogens with zero attached hydrogens (tertiary/aromatic N) is 2. The van der Waals surface area contributed by atoms with Crippen LogP contribution in [0.4, 0.5) is 0 Å². The molecule has 1 fully saturated rings. The molecule has 1 saturated heterocycles. The molecule has 0 aromatic carbocycles. The maximum absolute atomic E-state index is 9.32. The normalized spacial score (nSPS) is 27.7. The summed E-state index contributed by atoms with van der Waals surface area (Å²) in [5.41, 5.74) is -0.347. The number of nitrogens with one attached hydrogen (secondary N) is 1. The van der Waals surface area contributed by atoms with E-state index in [1.807, 2.05) is 6.92 Å². The van der Waals surface area contributed by atoms with Gasteiger partial charge in [0.15, 0.2) is 0 Å². The molecule has 0 aromatic heterocycles. The lowest BCUT2D eigenvalue weighted by atomic mass is 9.91. The number of hydrogen-bond acceptors (Lipinski definition) is 3. The van der Waals surface area contributed by atoms with Gasteiger partial charge < -0.3 is 4.90 Å². The van der Waals surface area contributed by atoms with E-state index >= 15 is 0 Å². The van der Waals surface area contributed by atoms with Crippen LogP contribution in [-0.2, 0) is 0 Å². The first kappa shape index (κ1) is 16.5. The monoisotopic (exact) mass is 265 g/mol. The summed E-state index contributed by atoms with van der Waals surface area (Å²) < 4.78 is 0. The minimum atomic E-state index is -0.347. The van der Waals surface area contributed by atoms with Crippen LogP contribution in [0.5, 0.6) is 0 Å². The Bertz CT molecular complexity index is 297. The van der Waals surface area contributed by atoms with Gasteiger partial charge in [0, 0.05) is 6.04 Å². The molecule has 1 heterocycles. The van der Waals surface area contributed by atoms with Crippen molar-refractivity contribution in [3.05, 3.63) is 0 Å². The van der Waals surface area contributed by atoms with E-state index in [2.05, 4.69) is 37.1 Å². The van der Waals surface area contributed by atoms with E-state index in [4.69, 9.17) is 0 Å². The summed E-state index contributed by atoms with van der Waals surface area (Å²) in [7, 11) is 0. The number of hydrogen-bond donors (Lipinski definition) is 1. The molecule has 1 aliphatic heterocycles. The average molecular weight is 265 g/mol. The second-order valence-corrected chi connectivity index (χ2v) is 6.37. The number of nitriles is 1. The van der Waals surface area contributed by atoms with Gasteiger partial charge in [-0.3, -0.25) is 5.32 Å². The first-order valence-electron chi connectivity index (χ1n) is 7.92. The minimum Gasteiger partial charge on any atom is -0.300 e. The third kappa shape index (κ3) is 5.12. The van der Waals surface area contributed by atoms with Crippen molar-refractivity contribution in [3.8, 4) is 6.07 Å². The zero-order valence-electron chi connectivity index (χ0n) is 13.2. The van der Waals surface area contributed by atoms with Crippen LogP contribution in [-0.4, -0.2) is 36.1 Å². The van der Waals surface area contributed by atoms with Gasteiger partial charge in [0.05, 0.1) is 6.07 Å². The zero-order valence-corrected chi connectivity index (χ0v) is 13.2. The van der Waals surface area contributed by atoms with Crippen molar-refractivity contribution in [2.45, 2.75) is 71.4 Å². The molecule has 3 nitrogen and oxygen atoms in total. The standard InChI is InChI=1S/C16H31N3/c1-5-10-18-16(4,13-17)9-7-12-19-11-6-8-14(2)15(19)3/h14-15,18H,5-12H2,1-4H3. The Morgan fingerprint density at radius 3 is 2.79 bits per heavy atom. The summed E-state index contributed by atoms with van der Waals surface area (Å²) in [6.45, 7) is 12.2. The highest BCUT2D eigenvalue weighted by Gasteiger charge is 2.26. The Kier molecular flexibility index (Phi) is 6.82. The third-order valence-electron chi connectivity index (χ3n) is 4.64. The van der Waals surface area contributed by atoms with E-state index in [0.29, 0.717) is 6.04 Å². The highest BCUT2D eigenvalue weighted by Crippen LogP contribution is 2.23. The van der Waals surface area contributed by atoms with Crippen LogP contribution in [0.3, 0.4) is 0 Å². The second-order valence-electron chi connectivity index (χ2n) is 6.37. The molecule has 110 valence electrons. The molecule has 3 unspecified atom stereocenters. The van der Waals surface area contributed by atoms with Gasteiger partial charge in [-0.1, -0.05) is 13.8 Å². The molecule has 19 heavy (non-hydrogen) atoms. The van der Waals surface area contributed by atoms with Crippen molar-refractivity contribution in [2.75, 3.05) is 19.6 Å². The second kappa shape index (κ2) is 7.87. The Morgan fingerprint density at radius 2 is 2.16 bits per heavy atom. The lowest BCUT2D eigenvalue weighted by Gasteiger charge is -2.38. The van der Waals surface area contributed by atoms with Crippen LogP contribution in [0.1, 0.15) is 59.8 Å². The summed E-state index contributed by atoms with van der Waals surface area (Å²) in [5.74, 6) is 0.814.